The quantitative estimate of drug-likeness (QED) is 0.539. The first-order chi connectivity index (χ1) is 10.5. The molecule has 0 spiro atoms. The standard InChI is InChI=1S/C16H15F3NO2.Y/c1-11-5-3-7-13(20(11)9-15(18)19)16-12(17)6-4-8-14(16)22-10-21-2;/h3-6,8,15H,1,9-10H2,2H3;/q-1;. The van der Waals surface area contributed by atoms with E-state index >= 15 is 0 Å². The number of nitrogens with zero attached hydrogens (tertiary/aromatic N) is 1. The molecule has 1 radical (unpaired) electrons. The molecule has 23 heavy (non-hydrogen) atoms. The van der Waals surface area contributed by atoms with Crippen LogP contribution in [0.3, 0.4) is 0 Å². The van der Waals surface area contributed by atoms with Gasteiger partial charge in [-0.05, 0) is 23.4 Å². The van der Waals surface area contributed by atoms with E-state index in [-0.39, 0.29) is 56.5 Å². The maximum absolute atomic E-state index is 14.3. The Morgan fingerprint density at radius 3 is 2.74 bits per heavy atom. The van der Waals surface area contributed by atoms with E-state index in [2.05, 4.69) is 12.7 Å². The van der Waals surface area contributed by atoms with E-state index in [1.54, 1.807) is 0 Å². The molecular weight excluding hydrogens is 384 g/mol. The van der Waals surface area contributed by atoms with Crippen molar-refractivity contribution in [2.24, 2.45) is 0 Å². The summed E-state index contributed by atoms with van der Waals surface area (Å²) in [6.07, 6.45) is 3.22. The molecule has 2 rings (SSSR count). The van der Waals surface area contributed by atoms with Crippen LogP contribution < -0.4 is 4.74 Å². The second-order valence-corrected chi connectivity index (χ2v) is 4.48. The molecule has 1 heterocycles. The van der Waals surface area contributed by atoms with Gasteiger partial charge < -0.3 is 14.4 Å². The van der Waals surface area contributed by atoms with Gasteiger partial charge >= 0.3 is 0 Å². The molecule has 0 fully saturated rings. The molecule has 0 aromatic heterocycles. The first kappa shape index (κ1) is 19.9. The molecule has 0 N–H and O–H groups in total. The molecular formula is C16H15F3NO2Y-. The molecule has 0 aliphatic carbocycles. The number of halogens is 3. The van der Waals surface area contributed by atoms with Crippen LogP contribution in [-0.2, 0) is 37.4 Å². The van der Waals surface area contributed by atoms with Gasteiger partial charge in [0.15, 0.2) is 6.79 Å². The van der Waals surface area contributed by atoms with E-state index in [4.69, 9.17) is 9.47 Å². The summed E-state index contributed by atoms with van der Waals surface area (Å²) in [6.45, 7) is 3.01. The van der Waals surface area contributed by atoms with Crippen LogP contribution >= 0.6 is 0 Å². The molecule has 3 nitrogen and oxygen atoms in total. The van der Waals surface area contributed by atoms with Crippen LogP contribution in [0.1, 0.15) is 5.56 Å². The summed E-state index contributed by atoms with van der Waals surface area (Å²) in [5, 5.41) is 0. The number of allylic oxidation sites excluding steroid dienone is 3. The summed E-state index contributed by atoms with van der Waals surface area (Å²) in [5.74, 6) is -0.412. The molecule has 1 aromatic carbocycles. The third-order valence-corrected chi connectivity index (χ3v) is 2.98. The van der Waals surface area contributed by atoms with Crippen LogP contribution in [0.15, 0.2) is 42.6 Å². The Bertz CT molecular complexity index is 617. The van der Waals surface area contributed by atoms with Crippen LogP contribution in [0.5, 0.6) is 5.75 Å². The SMILES string of the molecule is C=C1C=C[C-]=C(c2c(F)cccc2OCOC)N1CC(F)F.[Y]. The van der Waals surface area contributed by atoms with Gasteiger partial charge in [0.2, 0.25) is 0 Å². The fraction of sp³-hybridized carbons (Fsp3) is 0.250. The zero-order valence-electron chi connectivity index (χ0n) is 12.6. The average molecular weight is 399 g/mol. The summed E-state index contributed by atoms with van der Waals surface area (Å²) in [7, 11) is 1.43. The molecule has 1 aromatic rings. The van der Waals surface area contributed by atoms with Crippen LogP contribution in [0.4, 0.5) is 13.2 Å². The van der Waals surface area contributed by atoms with E-state index in [1.165, 1.54) is 42.4 Å². The van der Waals surface area contributed by atoms with Crippen LogP contribution in [-0.4, -0.2) is 31.8 Å². The molecule has 0 atom stereocenters. The van der Waals surface area contributed by atoms with E-state index in [9.17, 15) is 13.2 Å². The van der Waals surface area contributed by atoms with Crippen molar-refractivity contribution in [1.29, 1.82) is 0 Å². The van der Waals surface area contributed by atoms with Gasteiger partial charge in [0, 0.05) is 39.8 Å². The number of methoxy groups -OCH3 is 1. The largest absolute Gasteiger partial charge is 0.480 e. The van der Waals surface area contributed by atoms with E-state index in [1.807, 2.05) is 0 Å². The maximum atomic E-state index is 14.3. The van der Waals surface area contributed by atoms with Gasteiger partial charge in [-0.15, -0.1) is 6.08 Å². The fourth-order valence-electron chi connectivity index (χ4n) is 2.06. The van der Waals surface area contributed by atoms with Crippen molar-refractivity contribution >= 4 is 5.70 Å². The van der Waals surface area contributed by atoms with Gasteiger partial charge in [0.05, 0.1) is 18.1 Å². The topological polar surface area (TPSA) is 21.7 Å². The minimum Gasteiger partial charge on any atom is -0.480 e. The van der Waals surface area contributed by atoms with Crippen LogP contribution in [0, 0.1) is 11.9 Å². The monoisotopic (exact) mass is 399 g/mol. The van der Waals surface area contributed by atoms with Crippen LogP contribution in [0.2, 0.25) is 0 Å². The van der Waals surface area contributed by atoms with E-state index < -0.39 is 18.8 Å². The minimum atomic E-state index is -2.60. The molecule has 1 aliphatic heterocycles. The Labute approximate surface area is 158 Å². The molecule has 7 heteroatoms. The molecule has 121 valence electrons. The third kappa shape index (κ3) is 4.93. The summed E-state index contributed by atoms with van der Waals surface area (Å²) in [4.78, 5) is 1.21. The number of alkyl halides is 2. The van der Waals surface area contributed by atoms with Gasteiger partial charge in [-0.25, -0.2) is 13.2 Å². The zero-order valence-corrected chi connectivity index (χ0v) is 15.4. The van der Waals surface area contributed by atoms with Crippen molar-refractivity contribution in [3.05, 3.63) is 60.1 Å². The van der Waals surface area contributed by atoms with Gasteiger partial charge in [0.25, 0.3) is 6.43 Å². The number of hydrogen-bond acceptors (Lipinski definition) is 3. The zero-order chi connectivity index (χ0) is 16.1. The molecule has 0 saturated heterocycles. The second-order valence-electron chi connectivity index (χ2n) is 4.48. The molecule has 0 unspecified atom stereocenters. The predicted molar refractivity (Wildman–Crippen MR) is 76.5 cm³/mol. The summed E-state index contributed by atoms with van der Waals surface area (Å²) >= 11 is 0. The average Bonchev–Trinajstić information content (AvgIpc) is 2.47. The summed E-state index contributed by atoms with van der Waals surface area (Å²) < 4.78 is 50.0. The molecule has 0 amide bonds. The molecule has 0 bridgehead atoms. The van der Waals surface area contributed by atoms with Gasteiger partial charge in [-0.1, -0.05) is 18.3 Å². The number of benzene rings is 1. The van der Waals surface area contributed by atoms with Gasteiger partial charge in [0.1, 0.15) is 0 Å². The number of rotatable bonds is 6. The predicted octanol–water partition coefficient (Wildman–Crippen LogP) is 3.60. The van der Waals surface area contributed by atoms with Crippen molar-refractivity contribution in [3.63, 3.8) is 0 Å². The van der Waals surface area contributed by atoms with Crippen molar-refractivity contribution in [2.75, 3.05) is 20.4 Å². The summed E-state index contributed by atoms with van der Waals surface area (Å²) in [5.41, 5.74) is 0.526. The number of hydrogen-bond donors (Lipinski definition) is 0. The molecule has 0 saturated carbocycles. The van der Waals surface area contributed by atoms with Crippen LogP contribution in [0.25, 0.3) is 5.70 Å². The Morgan fingerprint density at radius 2 is 2.09 bits per heavy atom. The Balaban J connectivity index is 0.00000264. The normalized spacial score (nSPS) is 13.9. The van der Waals surface area contributed by atoms with Crippen molar-refractivity contribution in [3.8, 4) is 5.75 Å². The maximum Gasteiger partial charge on any atom is 0.256 e. The van der Waals surface area contributed by atoms with Crippen molar-refractivity contribution in [2.45, 2.75) is 6.43 Å². The first-order valence-corrected chi connectivity index (χ1v) is 6.50. The summed E-state index contributed by atoms with van der Waals surface area (Å²) in [6, 6.07) is 4.23. The third-order valence-electron chi connectivity index (χ3n) is 2.98. The van der Waals surface area contributed by atoms with Gasteiger partial charge in [-0.2, -0.15) is 12.2 Å². The smallest absolute Gasteiger partial charge is 0.256 e. The Kier molecular flexibility index (Phi) is 8.02. The Morgan fingerprint density at radius 1 is 1.35 bits per heavy atom. The van der Waals surface area contributed by atoms with E-state index in [0.29, 0.717) is 5.70 Å². The Hall–Kier alpha value is -1.11. The van der Waals surface area contributed by atoms with Crippen molar-refractivity contribution in [1.82, 2.24) is 4.90 Å². The van der Waals surface area contributed by atoms with E-state index in [0.717, 1.165) is 0 Å². The van der Waals surface area contributed by atoms with Crippen molar-refractivity contribution < 1.29 is 55.4 Å². The minimum absolute atomic E-state index is 0. The first-order valence-electron chi connectivity index (χ1n) is 6.50. The number of ether oxygens (including phenoxy) is 2. The fourth-order valence-corrected chi connectivity index (χ4v) is 2.06. The second kappa shape index (κ2) is 9.25. The molecule has 1 aliphatic rings. The van der Waals surface area contributed by atoms with Gasteiger partial charge in [-0.3, -0.25) is 0 Å².